The zero-order valence-corrected chi connectivity index (χ0v) is 6.90. The van der Waals surface area contributed by atoms with Gasteiger partial charge < -0.3 is 10.6 Å². The quantitative estimate of drug-likeness (QED) is 0.636. The molecule has 0 unspecified atom stereocenters. The van der Waals surface area contributed by atoms with Gasteiger partial charge in [-0.25, -0.2) is 0 Å². The molecule has 2 nitrogen and oxygen atoms in total. The summed E-state index contributed by atoms with van der Waals surface area (Å²) in [5.74, 6) is 0. The van der Waals surface area contributed by atoms with Gasteiger partial charge in [0.25, 0.3) is 0 Å². The van der Waals surface area contributed by atoms with Gasteiger partial charge >= 0.3 is 0 Å². The van der Waals surface area contributed by atoms with Gasteiger partial charge in [0, 0.05) is 24.1 Å². The Morgan fingerprint density at radius 3 is 2.92 bits per heavy atom. The van der Waals surface area contributed by atoms with Gasteiger partial charge in [-0.1, -0.05) is 12.1 Å². The maximum absolute atomic E-state index is 5.68. The second-order valence-corrected chi connectivity index (χ2v) is 2.96. The zero-order chi connectivity index (χ0) is 8.39. The van der Waals surface area contributed by atoms with Gasteiger partial charge in [0.1, 0.15) is 0 Å². The van der Waals surface area contributed by atoms with E-state index in [0.717, 1.165) is 18.7 Å². The van der Waals surface area contributed by atoms with E-state index in [1.807, 2.05) is 18.2 Å². The number of benzene rings is 1. The molecule has 0 saturated carbocycles. The molecule has 2 heteroatoms. The Labute approximate surface area is 72.3 Å². The maximum Gasteiger partial charge on any atom is 0.0426 e. The highest BCUT2D eigenvalue weighted by molar-refractivity contribution is 5.58. The molecule has 0 radical (unpaired) electrons. The molecule has 0 amide bonds. The normalized spacial score (nSPS) is 15.5. The number of nitrogen functional groups attached to an aromatic ring is 1. The Kier molecular flexibility index (Phi) is 1.74. The van der Waals surface area contributed by atoms with E-state index in [4.69, 9.17) is 5.73 Å². The van der Waals surface area contributed by atoms with Crippen LogP contribution < -0.4 is 10.6 Å². The first-order valence-corrected chi connectivity index (χ1v) is 4.15. The van der Waals surface area contributed by atoms with E-state index in [0.29, 0.717) is 0 Å². The third-order valence-corrected chi connectivity index (χ3v) is 2.02. The predicted octanol–water partition coefficient (Wildman–Crippen LogP) is 1.99. The summed E-state index contributed by atoms with van der Waals surface area (Å²) in [7, 11) is 0. The molecule has 1 aliphatic rings. The van der Waals surface area contributed by atoms with Crippen molar-refractivity contribution in [3.8, 4) is 0 Å². The smallest absolute Gasteiger partial charge is 0.0426 e. The summed E-state index contributed by atoms with van der Waals surface area (Å²) < 4.78 is 0. The molecule has 62 valence electrons. The fourth-order valence-electron chi connectivity index (χ4n) is 1.41. The molecule has 0 saturated heterocycles. The van der Waals surface area contributed by atoms with Crippen LogP contribution in [0, 0.1) is 0 Å². The lowest BCUT2D eigenvalue weighted by atomic mass is 10.2. The molecule has 0 atom stereocenters. The van der Waals surface area contributed by atoms with Crippen LogP contribution in [0.5, 0.6) is 0 Å². The molecule has 1 aromatic rings. The van der Waals surface area contributed by atoms with Crippen molar-refractivity contribution >= 4 is 11.4 Å². The predicted molar refractivity (Wildman–Crippen MR) is 52.0 cm³/mol. The van der Waals surface area contributed by atoms with Crippen molar-refractivity contribution < 1.29 is 0 Å². The molecule has 0 fully saturated rings. The van der Waals surface area contributed by atoms with Crippen LogP contribution in [0.1, 0.15) is 6.42 Å². The Morgan fingerprint density at radius 2 is 2.25 bits per heavy atom. The first-order chi connectivity index (χ1) is 5.86. The minimum absolute atomic E-state index is 0.827. The van der Waals surface area contributed by atoms with Crippen molar-refractivity contribution in [3.63, 3.8) is 0 Å². The summed E-state index contributed by atoms with van der Waals surface area (Å²) in [5, 5.41) is 0. The Morgan fingerprint density at radius 1 is 1.33 bits per heavy atom. The Balaban J connectivity index is 2.27. The second kappa shape index (κ2) is 2.89. The number of rotatable bonds is 1. The third-order valence-electron chi connectivity index (χ3n) is 2.02. The van der Waals surface area contributed by atoms with Crippen LogP contribution in [0.4, 0.5) is 11.4 Å². The monoisotopic (exact) mass is 160 g/mol. The van der Waals surface area contributed by atoms with E-state index in [1.165, 1.54) is 5.69 Å². The van der Waals surface area contributed by atoms with Crippen molar-refractivity contribution in [2.75, 3.05) is 17.2 Å². The number of anilines is 2. The summed E-state index contributed by atoms with van der Waals surface area (Å²) in [4.78, 5) is 2.20. The molecule has 1 heterocycles. The summed E-state index contributed by atoms with van der Waals surface area (Å²) in [6.45, 7) is 1.07. The molecule has 12 heavy (non-hydrogen) atoms. The van der Waals surface area contributed by atoms with Gasteiger partial charge in [0.05, 0.1) is 0 Å². The molecule has 0 aliphatic carbocycles. The summed E-state index contributed by atoms with van der Waals surface area (Å²) in [5.41, 5.74) is 7.69. The highest BCUT2D eigenvalue weighted by Crippen LogP contribution is 2.20. The van der Waals surface area contributed by atoms with Gasteiger partial charge in [-0.3, -0.25) is 0 Å². The van der Waals surface area contributed by atoms with Crippen molar-refractivity contribution in [2.45, 2.75) is 6.42 Å². The largest absolute Gasteiger partial charge is 0.399 e. The molecule has 1 aliphatic heterocycles. The summed E-state index contributed by atoms with van der Waals surface area (Å²) in [6, 6.07) is 7.96. The average molecular weight is 160 g/mol. The molecule has 0 aromatic heterocycles. The summed E-state index contributed by atoms with van der Waals surface area (Å²) in [6.07, 6.45) is 5.41. The fraction of sp³-hybridized carbons (Fsp3) is 0.200. The molecular weight excluding hydrogens is 148 g/mol. The Bertz CT molecular complexity index is 304. The van der Waals surface area contributed by atoms with E-state index in [-0.39, 0.29) is 0 Å². The number of nitrogens with two attached hydrogens (primary N) is 1. The molecule has 0 bridgehead atoms. The average Bonchev–Trinajstić information content (AvgIpc) is 2.56. The molecule has 2 N–H and O–H groups in total. The van der Waals surface area contributed by atoms with E-state index in [1.54, 1.807) is 0 Å². The number of hydrogen-bond donors (Lipinski definition) is 1. The van der Waals surface area contributed by atoms with Crippen LogP contribution in [0.3, 0.4) is 0 Å². The van der Waals surface area contributed by atoms with Crippen LogP contribution >= 0.6 is 0 Å². The van der Waals surface area contributed by atoms with E-state index in [9.17, 15) is 0 Å². The first-order valence-electron chi connectivity index (χ1n) is 4.15. The maximum atomic E-state index is 5.68. The number of hydrogen-bond acceptors (Lipinski definition) is 2. The lowest BCUT2D eigenvalue weighted by Crippen LogP contribution is -2.11. The van der Waals surface area contributed by atoms with Gasteiger partial charge in [-0.2, -0.15) is 0 Å². The van der Waals surface area contributed by atoms with Crippen molar-refractivity contribution in [1.82, 2.24) is 0 Å². The van der Waals surface area contributed by atoms with E-state index >= 15 is 0 Å². The van der Waals surface area contributed by atoms with Crippen LogP contribution in [-0.4, -0.2) is 6.54 Å². The highest BCUT2D eigenvalue weighted by atomic mass is 15.1. The van der Waals surface area contributed by atoms with Gasteiger partial charge in [-0.05, 0) is 24.6 Å². The first kappa shape index (κ1) is 7.22. The highest BCUT2D eigenvalue weighted by Gasteiger charge is 2.05. The third kappa shape index (κ3) is 1.28. The van der Waals surface area contributed by atoms with Crippen LogP contribution in [0.15, 0.2) is 36.5 Å². The van der Waals surface area contributed by atoms with Crippen LogP contribution in [0.2, 0.25) is 0 Å². The topological polar surface area (TPSA) is 29.3 Å². The number of nitrogens with zero attached hydrogens (tertiary/aromatic N) is 1. The van der Waals surface area contributed by atoms with Crippen molar-refractivity contribution in [3.05, 3.63) is 36.5 Å². The second-order valence-electron chi connectivity index (χ2n) is 2.96. The fourth-order valence-corrected chi connectivity index (χ4v) is 1.41. The molecule has 0 spiro atoms. The zero-order valence-electron chi connectivity index (χ0n) is 6.90. The Hall–Kier alpha value is -1.44. The van der Waals surface area contributed by atoms with Crippen LogP contribution in [0.25, 0.3) is 0 Å². The molecule has 2 rings (SSSR count). The van der Waals surface area contributed by atoms with Crippen molar-refractivity contribution in [2.24, 2.45) is 0 Å². The van der Waals surface area contributed by atoms with Gasteiger partial charge in [0.2, 0.25) is 0 Å². The lowest BCUT2D eigenvalue weighted by Gasteiger charge is -2.15. The summed E-state index contributed by atoms with van der Waals surface area (Å²) >= 11 is 0. The van der Waals surface area contributed by atoms with Gasteiger partial charge in [0.15, 0.2) is 0 Å². The molecule has 1 aromatic carbocycles. The van der Waals surface area contributed by atoms with E-state index in [2.05, 4.69) is 23.2 Å². The minimum atomic E-state index is 0.827. The minimum Gasteiger partial charge on any atom is -0.399 e. The van der Waals surface area contributed by atoms with E-state index < -0.39 is 0 Å². The lowest BCUT2D eigenvalue weighted by molar-refractivity contribution is 1.000. The van der Waals surface area contributed by atoms with Gasteiger partial charge in [-0.15, -0.1) is 0 Å². The standard InChI is InChI=1S/C10H12N2/c11-9-4-3-5-10(8-9)12-6-1-2-7-12/h1,3-6,8H,2,7,11H2. The van der Waals surface area contributed by atoms with Crippen molar-refractivity contribution in [1.29, 1.82) is 0 Å². The molecular formula is C10H12N2. The SMILES string of the molecule is Nc1cccc(N2C=CCC2)c1. The van der Waals surface area contributed by atoms with Crippen LogP contribution in [-0.2, 0) is 0 Å².